The molecule has 1 aromatic carbocycles. The average molecular weight is 306 g/mol. The maximum Gasteiger partial charge on any atom is 0.409 e. The molecule has 0 aromatic heterocycles. The number of likely N-dealkylation sites (tertiary alicyclic amines) is 1. The van der Waals surface area contributed by atoms with E-state index in [0.717, 1.165) is 31.5 Å². The Hall–Kier alpha value is -2.24. The monoisotopic (exact) mass is 306 g/mol. The van der Waals surface area contributed by atoms with E-state index in [-0.39, 0.29) is 25.9 Å². The van der Waals surface area contributed by atoms with E-state index >= 15 is 0 Å². The molecule has 0 radical (unpaired) electrons. The Balaban J connectivity index is 1.54. The lowest BCUT2D eigenvalue weighted by atomic mass is 10.1. The van der Waals surface area contributed by atoms with Crippen LogP contribution >= 0.6 is 0 Å². The minimum Gasteiger partial charge on any atom is -0.448 e. The van der Waals surface area contributed by atoms with Crippen LogP contribution in [-0.2, 0) is 16.1 Å². The number of hydrogen-bond acceptors (Lipinski definition) is 4. The van der Waals surface area contributed by atoms with Crippen LogP contribution in [0.4, 0.5) is 9.59 Å². The molecule has 6 heteroatoms. The average Bonchev–Trinajstić information content (AvgIpc) is 2.58. The van der Waals surface area contributed by atoms with Crippen molar-refractivity contribution in [2.45, 2.75) is 25.9 Å². The van der Waals surface area contributed by atoms with Gasteiger partial charge in [0.05, 0.1) is 6.54 Å². The lowest BCUT2D eigenvalue weighted by Crippen LogP contribution is -2.37. The van der Waals surface area contributed by atoms with Gasteiger partial charge >= 0.3 is 12.2 Å². The summed E-state index contributed by atoms with van der Waals surface area (Å²) in [5.41, 5.74) is 0.925. The third-order valence-electron chi connectivity index (χ3n) is 3.42. The molecule has 0 saturated carbocycles. The van der Waals surface area contributed by atoms with Gasteiger partial charge in [-0.05, 0) is 24.8 Å². The van der Waals surface area contributed by atoms with Gasteiger partial charge in [0.1, 0.15) is 13.2 Å². The molecule has 1 heterocycles. The zero-order valence-electron chi connectivity index (χ0n) is 12.6. The normalized spacial score (nSPS) is 14.3. The Morgan fingerprint density at radius 3 is 2.50 bits per heavy atom. The van der Waals surface area contributed by atoms with E-state index in [1.165, 1.54) is 6.42 Å². The smallest absolute Gasteiger partial charge is 0.409 e. The number of nitrogens with zero attached hydrogens (tertiary/aromatic N) is 1. The van der Waals surface area contributed by atoms with Gasteiger partial charge < -0.3 is 19.7 Å². The maximum absolute atomic E-state index is 11.7. The molecule has 1 N–H and O–H groups in total. The van der Waals surface area contributed by atoms with Gasteiger partial charge in [0.25, 0.3) is 0 Å². The van der Waals surface area contributed by atoms with Gasteiger partial charge in [-0.1, -0.05) is 30.3 Å². The van der Waals surface area contributed by atoms with E-state index in [1.54, 1.807) is 4.90 Å². The van der Waals surface area contributed by atoms with Crippen LogP contribution in [-0.4, -0.2) is 43.3 Å². The van der Waals surface area contributed by atoms with Crippen molar-refractivity contribution < 1.29 is 19.1 Å². The van der Waals surface area contributed by atoms with Crippen molar-refractivity contribution in [3.05, 3.63) is 35.9 Å². The van der Waals surface area contributed by atoms with Gasteiger partial charge in [-0.2, -0.15) is 0 Å². The largest absolute Gasteiger partial charge is 0.448 e. The highest BCUT2D eigenvalue weighted by Gasteiger charge is 2.17. The van der Waals surface area contributed by atoms with Crippen molar-refractivity contribution in [3.63, 3.8) is 0 Å². The third-order valence-corrected chi connectivity index (χ3v) is 3.42. The van der Waals surface area contributed by atoms with Crippen molar-refractivity contribution in [3.8, 4) is 0 Å². The van der Waals surface area contributed by atoms with Crippen LogP contribution in [0.2, 0.25) is 0 Å². The van der Waals surface area contributed by atoms with Crippen LogP contribution in [0, 0.1) is 0 Å². The molecule has 1 saturated heterocycles. The van der Waals surface area contributed by atoms with Gasteiger partial charge in [-0.3, -0.25) is 0 Å². The standard InChI is InChI=1S/C16H22N2O4/c19-15(22-13-14-7-3-1-4-8-14)17-9-12-21-16(20)18-10-5-2-6-11-18/h1,3-4,7-8H,2,5-6,9-13H2,(H,17,19). The molecule has 1 fully saturated rings. The number of amides is 2. The molecule has 1 aromatic rings. The number of hydrogen-bond donors (Lipinski definition) is 1. The van der Waals surface area contributed by atoms with E-state index in [4.69, 9.17) is 9.47 Å². The van der Waals surface area contributed by atoms with E-state index in [9.17, 15) is 9.59 Å². The molecule has 22 heavy (non-hydrogen) atoms. The molecule has 2 amide bonds. The summed E-state index contributed by atoms with van der Waals surface area (Å²) in [5.74, 6) is 0. The van der Waals surface area contributed by atoms with Crippen LogP contribution in [0.15, 0.2) is 30.3 Å². The van der Waals surface area contributed by atoms with E-state index in [1.807, 2.05) is 30.3 Å². The van der Waals surface area contributed by atoms with Crippen LogP contribution in [0.25, 0.3) is 0 Å². The van der Waals surface area contributed by atoms with Gasteiger partial charge in [-0.15, -0.1) is 0 Å². The first kappa shape index (κ1) is 16.1. The topological polar surface area (TPSA) is 67.9 Å². The Labute approximate surface area is 130 Å². The first-order valence-electron chi connectivity index (χ1n) is 7.62. The molecule has 2 rings (SSSR count). The fourth-order valence-electron chi connectivity index (χ4n) is 2.23. The Morgan fingerprint density at radius 1 is 1.05 bits per heavy atom. The van der Waals surface area contributed by atoms with E-state index in [2.05, 4.69) is 5.32 Å². The molecule has 0 bridgehead atoms. The quantitative estimate of drug-likeness (QED) is 0.849. The second-order valence-electron chi connectivity index (χ2n) is 5.15. The van der Waals surface area contributed by atoms with Crippen LogP contribution in [0.1, 0.15) is 24.8 Å². The number of carbonyl (C=O) groups is 2. The molecule has 0 unspecified atom stereocenters. The van der Waals surface area contributed by atoms with Crippen molar-refractivity contribution in [2.24, 2.45) is 0 Å². The number of nitrogens with one attached hydrogen (secondary N) is 1. The molecule has 1 aliphatic heterocycles. The van der Waals surface area contributed by atoms with Gasteiger partial charge in [0.2, 0.25) is 0 Å². The first-order valence-corrected chi connectivity index (χ1v) is 7.62. The summed E-state index contributed by atoms with van der Waals surface area (Å²) in [4.78, 5) is 24.9. The SMILES string of the molecule is O=C(NCCOC(=O)N1CCCCC1)OCc1ccccc1. The van der Waals surface area contributed by atoms with Crippen molar-refractivity contribution in [2.75, 3.05) is 26.2 Å². The highest BCUT2D eigenvalue weighted by Crippen LogP contribution is 2.09. The van der Waals surface area contributed by atoms with E-state index < -0.39 is 6.09 Å². The zero-order chi connectivity index (χ0) is 15.6. The van der Waals surface area contributed by atoms with Crippen molar-refractivity contribution >= 4 is 12.2 Å². The lowest BCUT2D eigenvalue weighted by molar-refractivity contribution is 0.0932. The number of alkyl carbamates (subject to hydrolysis) is 1. The maximum atomic E-state index is 11.7. The third kappa shape index (κ3) is 5.63. The van der Waals surface area contributed by atoms with Gasteiger partial charge in [0.15, 0.2) is 0 Å². The molecule has 0 spiro atoms. The Morgan fingerprint density at radius 2 is 1.77 bits per heavy atom. The van der Waals surface area contributed by atoms with Crippen molar-refractivity contribution in [1.82, 2.24) is 10.2 Å². The highest BCUT2D eigenvalue weighted by atomic mass is 16.6. The number of rotatable bonds is 5. The first-order chi connectivity index (χ1) is 10.8. The van der Waals surface area contributed by atoms with E-state index in [0.29, 0.717) is 0 Å². The van der Waals surface area contributed by atoms with Crippen LogP contribution < -0.4 is 5.32 Å². The van der Waals surface area contributed by atoms with Crippen LogP contribution in [0.3, 0.4) is 0 Å². The number of ether oxygens (including phenoxy) is 2. The minimum atomic E-state index is -0.516. The number of piperidine rings is 1. The van der Waals surface area contributed by atoms with Gasteiger partial charge in [-0.25, -0.2) is 9.59 Å². The second-order valence-corrected chi connectivity index (χ2v) is 5.15. The molecule has 6 nitrogen and oxygen atoms in total. The predicted molar refractivity (Wildman–Crippen MR) is 81.4 cm³/mol. The predicted octanol–water partition coefficient (Wildman–Crippen LogP) is 2.54. The molecule has 1 aliphatic rings. The lowest BCUT2D eigenvalue weighted by Gasteiger charge is -2.25. The summed E-state index contributed by atoms with van der Waals surface area (Å²) in [7, 11) is 0. The van der Waals surface area contributed by atoms with Crippen LogP contribution in [0.5, 0.6) is 0 Å². The second kappa shape index (κ2) is 8.92. The zero-order valence-corrected chi connectivity index (χ0v) is 12.6. The summed E-state index contributed by atoms with van der Waals surface area (Å²) in [6.45, 7) is 2.12. The summed E-state index contributed by atoms with van der Waals surface area (Å²) in [6.07, 6.45) is 2.40. The highest BCUT2D eigenvalue weighted by molar-refractivity contribution is 5.68. The molecule has 0 atom stereocenters. The van der Waals surface area contributed by atoms with Gasteiger partial charge in [0, 0.05) is 13.1 Å². The Bertz CT molecular complexity index is 472. The molecular formula is C16H22N2O4. The molecule has 0 aliphatic carbocycles. The summed E-state index contributed by atoms with van der Waals surface area (Å²) in [5, 5.41) is 2.55. The molecule has 120 valence electrons. The summed E-state index contributed by atoms with van der Waals surface area (Å²) in [6, 6.07) is 9.44. The number of carbonyl (C=O) groups excluding carboxylic acids is 2. The fourth-order valence-corrected chi connectivity index (χ4v) is 2.23. The summed E-state index contributed by atoms with van der Waals surface area (Å²) < 4.78 is 10.2. The Kier molecular flexibility index (Phi) is 6.54. The summed E-state index contributed by atoms with van der Waals surface area (Å²) >= 11 is 0. The fraction of sp³-hybridized carbons (Fsp3) is 0.500. The van der Waals surface area contributed by atoms with Crippen molar-refractivity contribution in [1.29, 1.82) is 0 Å². The number of benzene rings is 1. The minimum absolute atomic E-state index is 0.149. The molecular weight excluding hydrogens is 284 g/mol.